The summed E-state index contributed by atoms with van der Waals surface area (Å²) in [6.45, 7) is 12.0. The van der Waals surface area contributed by atoms with Crippen LogP contribution in [0.25, 0.3) is 0 Å². The third kappa shape index (κ3) is 4.30. The van der Waals surface area contributed by atoms with E-state index in [0.717, 1.165) is 56.5 Å². The van der Waals surface area contributed by atoms with Crippen molar-refractivity contribution in [1.29, 1.82) is 0 Å². The molecule has 1 unspecified atom stereocenters. The summed E-state index contributed by atoms with van der Waals surface area (Å²) < 4.78 is 13.4. The first-order valence-corrected chi connectivity index (χ1v) is 10.6. The molecule has 0 saturated carbocycles. The van der Waals surface area contributed by atoms with E-state index in [1.165, 1.54) is 0 Å². The number of carbonyl (C=O) groups excluding carboxylic acids is 1. The Balaban J connectivity index is 1.79. The predicted octanol–water partition coefficient (Wildman–Crippen LogP) is 4.54. The van der Waals surface area contributed by atoms with Gasteiger partial charge < -0.3 is 10.2 Å². The molecule has 1 N–H and O–H groups in total. The summed E-state index contributed by atoms with van der Waals surface area (Å²) in [6, 6.07) is 7.15. The van der Waals surface area contributed by atoms with Crippen molar-refractivity contribution < 1.29 is 9.18 Å². The minimum absolute atomic E-state index is 0.0980. The highest BCUT2D eigenvalue weighted by Crippen LogP contribution is 2.38. The Bertz CT molecular complexity index is 763. The van der Waals surface area contributed by atoms with Crippen molar-refractivity contribution in [3.8, 4) is 0 Å². The number of allylic oxidation sites excluding steroid dienone is 3. The molecule has 1 aromatic rings. The lowest BCUT2D eigenvalue weighted by Crippen LogP contribution is -2.56. The van der Waals surface area contributed by atoms with Gasteiger partial charge in [-0.1, -0.05) is 51.1 Å². The van der Waals surface area contributed by atoms with Gasteiger partial charge in [0, 0.05) is 24.8 Å². The van der Waals surface area contributed by atoms with Crippen LogP contribution >= 0.6 is 0 Å². The summed E-state index contributed by atoms with van der Waals surface area (Å²) >= 11 is 0. The Morgan fingerprint density at radius 2 is 1.97 bits per heavy atom. The number of benzene rings is 1. The number of nitrogens with zero attached hydrogens (tertiary/aromatic N) is 2. The molecular formula is C24H32FN3O. The van der Waals surface area contributed by atoms with Crippen molar-refractivity contribution in [2.45, 2.75) is 50.6 Å². The molecule has 5 heteroatoms. The lowest BCUT2D eigenvalue weighted by molar-refractivity contribution is -0.128. The van der Waals surface area contributed by atoms with Gasteiger partial charge in [-0.05, 0) is 49.1 Å². The maximum absolute atomic E-state index is 13.4. The normalized spacial score (nSPS) is 20.6. The maximum atomic E-state index is 13.4. The van der Waals surface area contributed by atoms with Crippen LogP contribution in [0.5, 0.6) is 0 Å². The fourth-order valence-electron chi connectivity index (χ4n) is 4.66. The molecule has 2 aliphatic rings. The first-order valence-electron chi connectivity index (χ1n) is 10.6. The molecule has 0 radical (unpaired) electrons. The van der Waals surface area contributed by atoms with E-state index in [9.17, 15) is 9.18 Å². The summed E-state index contributed by atoms with van der Waals surface area (Å²) in [5.74, 6) is -0.106. The van der Waals surface area contributed by atoms with Crippen molar-refractivity contribution in [2.24, 2.45) is 0 Å². The standard InChI is InChI=1S/C24H32FN3O/c1-4-7-9-22(19-10-12-20(25)13-11-19)27-16-14-24(15-17-27)23(29)26-18-28(24)21(6-3)8-5-2/h5-6,8,10-13,22H,2-4,7,9,14-18H2,1H3,(H,26,29)/b21-8+. The molecule has 0 aliphatic carbocycles. The molecule has 2 fully saturated rings. The molecule has 1 amide bonds. The second kappa shape index (κ2) is 9.40. The number of hydrogen-bond donors (Lipinski definition) is 1. The third-order valence-corrected chi connectivity index (χ3v) is 6.30. The molecule has 0 bridgehead atoms. The second-order valence-electron chi connectivity index (χ2n) is 7.90. The van der Waals surface area contributed by atoms with E-state index in [4.69, 9.17) is 0 Å². The highest BCUT2D eigenvalue weighted by atomic mass is 19.1. The Labute approximate surface area is 173 Å². The highest BCUT2D eigenvalue weighted by Gasteiger charge is 2.51. The molecule has 2 saturated heterocycles. The summed E-state index contributed by atoms with van der Waals surface area (Å²) in [6.07, 6.45) is 10.2. The van der Waals surface area contributed by atoms with Crippen LogP contribution in [0.3, 0.4) is 0 Å². The molecule has 1 aromatic carbocycles. The van der Waals surface area contributed by atoms with E-state index >= 15 is 0 Å². The minimum Gasteiger partial charge on any atom is -0.339 e. The first-order chi connectivity index (χ1) is 14.1. The molecule has 4 nitrogen and oxygen atoms in total. The van der Waals surface area contributed by atoms with Crippen molar-refractivity contribution in [3.63, 3.8) is 0 Å². The summed E-state index contributed by atoms with van der Waals surface area (Å²) in [5, 5.41) is 3.02. The SMILES string of the molecule is C=C/C=C(\C=C)N1CNC(=O)C12CCN(C(CCCC)c1ccc(F)cc1)CC2. The van der Waals surface area contributed by atoms with Gasteiger partial charge in [0.2, 0.25) is 5.91 Å². The van der Waals surface area contributed by atoms with Crippen LogP contribution in [-0.4, -0.2) is 41.0 Å². The monoisotopic (exact) mass is 397 g/mol. The van der Waals surface area contributed by atoms with Gasteiger partial charge >= 0.3 is 0 Å². The Hall–Kier alpha value is -2.40. The van der Waals surface area contributed by atoms with Crippen LogP contribution in [0.15, 0.2) is 61.3 Å². The first kappa shape index (κ1) is 21.3. The predicted molar refractivity (Wildman–Crippen MR) is 116 cm³/mol. The number of nitrogens with one attached hydrogen (secondary N) is 1. The largest absolute Gasteiger partial charge is 0.339 e. The molecule has 2 aliphatic heterocycles. The molecule has 29 heavy (non-hydrogen) atoms. The average molecular weight is 398 g/mol. The number of amides is 1. The fraction of sp³-hybridized carbons (Fsp3) is 0.458. The lowest BCUT2D eigenvalue weighted by atomic mass is 9.84. The van der Waals surface area contributed by atoms with Gasteiger partial charge in [-0.3, -0.25) is 9.69 Å². The van der Waals surface area contributed by atoms with E-state index in [0.29, 0.717) is 6.67 Å². The minimum atomic E-state index is -0.530. The maximum Gasteiger partial charge on any atom is 0.247 e. The van der Waals surface area contributed by atoms with Crippen LogP contribution in [0.1, 0.15) is 50.6 Å². The Kier molecular flexibility index (Phi) is 6.91. The van der Waals surface area contributed by atoms with Crippen molar-refractivity contribution >= 4 is 5.91 Å². The van der Waals surface area contributed by atoms with E-state index < -0.39 is 5.54 Å². The molecule has 1 atom stereocenters. The molecule has 2 heterocycles. The number of piperidine rings is 1. The smallest absolute Gasteiger partial charge is 0.247 e. The van der Waals surface area contributed by atoms with Crippen molar-refractivity contribution in [2.75, 3.05) is 19.8 Å². The summed E-state index contributed by atoms with van der Waals surface area (Å²) in [5.41, 5.74) is 1.55. The quantitative estimate of drug-likeness (QED) is 0.655. The van der Waals surface area contributed by atoms with Crippen LogP contribution < -0.4 is 5.32 Å². The van der Waals surface area contributed by atoms with Gasteiger partial charge in [0.15, 0.2) is 0 Å². The highest BCUT2D eigenvalue weighted by molar-refractivity contribution is 5.89. The second-order valence-corrected chi connectivity index (χ2v) is 7.90. The molecule has 0 aromatic heterocycles. The van der Waals surface area contributed by atoms with E-state index in [2.05, 4.69) is 35.2 Å². The van der Waals surface area contributed by atoms with Crippen molar-refractivity contribution in [1.82, 2.24) is 15.1 Å². The zero-order valence-corrected chi connectivity index (χ0v) is 17.4. The van der Waals surface area contributed by atoms with E-state index in [1.807, 2.05) is 18.2 Å². The third-order valence-electron chi connectivity index (χ3n) is 6.30. The zero-order chi connectivity index (χ0) is 20.9. The average Bonchev–Trinajstić information content (AvgIpc) is 3.04. The van der Waals surface area contributed by atoms with Gasteiger partial charge in [-0.15, -0.1) is 0 Å². The topological polar surface area (TPSA) is 35.6 Å². The number of unbranched alkanes of at least 4 members (excludes halogenated alkanes) is 1. The van der Waals surface area contributed by atoms with Crippen LogP contribution in [0.4, 0.5) is 4.39 Å². The fourth-order valence-corrected chi connectivity index (χ4v) is 4.66. The van der Waals surface area contributed by atoms with Gasteiger partial charge in [-0.25, -0.2) is 4.39 Å². The molecule has 3 rings (SSSR count). The van der Waals surface area contributed by atoms with Gasteiger partial charge in [0.25, 0.3) is 0 Å². The molecule has 156 valence electrons. The van der Waals surface area contributed by atoms with Gasteiger partial charge in [0.1, 0.15) is 11.4 Å². The molecule has 1 spiro atoms. The number of halogens is 1. The van der Waals surface area contributed by atoms with E-state index in [1.54, 1.807) is 24.3 Å². The Morgan fingerprint density at radius 1 is 1.28 bits per heavy atom. The van der Waals surface area contributed by atoms with Gasteiger partial charge in [-0.2, -0.15) is 0 Å². The molecular weight excluding hydrogens is 365 g/mol. The number of hydrogen-bond acceptors (Lipinski definition) is 3. The van der Waals surface area contributed by atoms with Crippen molar-refractivity contribution in [3.05, 3.63) is 72.7 Å². The van der Waals surface area contributed by atoms with Crippen LogP contribution in [-0.2, 0) is 4.79 Å². The number of likely N-dealkylation sites (tertiary alicyclic amines) is 1. The van der Waals surface area contributed by atoms with E-state index in [-0.39, 0.29) is 17.8 Å². The zero-order valence-electron chi connectivity index (χ0n) is 17.4. The number of carbonyl (C=O) groups is 1. The van der Waals surface area contributed by atoms with Crippen LogP contribution in [0, 0.1) is 5.82 Å². The van der Waals surface area contributed by atoms with Crippen LogP contribution in [0.2, 0.25) is 0 Å². The summed E-state index contributed by atoms with van der Waals surface area (Å²) in [4.78, 5) is 17.4. The lowest BCUT2D eigenvalue weighted by Gasteiger charge is -2.46. The number of rotatable bonds is 8. The Morgan fingerprint density at radius 3 is 2.55 bits per heavy atom. The van der Waals surface area contributed by atoms with Gasteiger partial charge in [0.05, 0.1) is 6.67 Å². The summed E-state index contributed by atoms with van der Waals surface area (Å²) in [7, 11) is 0.